The second kappa shape index (κ2) is 8.77. The third-order valence-electron chi connectivity index (χ3n) is 4.15. The number of benzene rings is 1. The van der Waals surface area contributed by atoms with Crippen LogP contribution in [0.15, 0.2) is 36.7 Å². The van der Waals surface area contributed by atoms with Crippen LogP contribution in [0, 0.1) is 5.92 Å². The van der Waals surface area contributed by atoms with Crippen molar-refractivity contribution in [3.8, 4) is 5.69 Å². The summed E-state index contributed by atoms with van der Waals surface area (Å²) < 4.78 is 7.15. The summed E-state index contributed by atoms with van der Waals surface area (Å²) in [6.07, 6.45) is 3.29. The van der Waals surface area contributed by atoms with Crippen LogP contribution in [-0.4, -0.2) is 39.9 Å². The van der Waals surface area contributed by atoms with Crippen molar-refractivity contribution < 1.29 is 9.53 Å². The second-order valence-electron chi connectivity index (χ2n) is 5.65. The smallest absolute Gasteiger partial charge is 0.237 e. The van der Waals surface area contributed by atoms with Crippen LogP contribution in [0.25, 0.3) is 5.69 Å². The third kappa shape index (κ3) is 4.31. The fourth-order valence-electron chi connectivity index (χ4n) is 2.76. The first-order chi connectivity index (χ1) is 11.3. The molecule has 1 atom stereocenters. The molecule has 8 heteroatoms. The van der Waals surface area contributed by atoms with E-state index < -0.39 is 6.04 Å². The molecule has 1 amide bonds. The molecule has 2 aromatic rings. The normalized spacial score (nSPS) is 16.2. The molecule has 1 aliphatic rings. The molecular formula is C16H22ClN5O2. The molecule has 0 aliphatic carbocycles. The maximum Gasteiger partial charge on any atom is 0.237 e. The molecule has 2 heterocycles. The van der Waals surface area contributed by atoms with Crippen LogP contribution in [0.1, 0.15) is 18.7 Å². The minimum Gasteiger partial charge on any atom is -0.381 e. The van der Waals surface area contributed by atoms with E-state index in [4.69, 9.17) is 10.5 Å². The lowest BCUT2D eigenvalue weighted by molar-refractivity contribution is -0.124. The highest BCUT2D eigenvalue weighted by molar-refractivity contribution is 5.85. The predicted octanol–water partition coefficient (Wildman–Crippen LogP) is 1.06. The largest absolute Gasteiger partial charge is 0.381 e. The molecule has 24 heavy (non-hydrogen) atoms. The van der Waals surface area contributed by atoms with Crippen molar-refractivity contribution in [1.82, 2.24) is 20.1 Å². The molecular weight excluding hydrogens is 330 g/mol. The summed E-state index contributed by atoms with van der Waals surface area (Å²) in [6.45, 7) is 1.65. The summed E-state index contributed by atoms with van der Waals surface area (Å²) in [4.78, 5) is 12.3. The van der Waals surface area contributed by atoms with Gasteiger partial charge in [0.1, 0.15) is 6.33 Å². The number of halogens is 1. The van der Waals surface area contributed by atoms with Gasteiger partial charge >= 0.3 is 0 Å². The van der Waals surface area contributed by atoms with Crippen LogP contribution in [-0.2, 0) is 16.1 Å². The van der Waals surface area contributed by atoms with Gasteiger partial charge in [-0.1, -0.05) is 18.2 Å². The molecule has 0 spiro atoms. The highest BCUT2D eigenvalue weighted by atomic mass is 35.5. The van der Waals surface area contributed by atoms with E-state index >= 15 is 0 Å². The lowest BCUT2D eigenvalue weighted by Gasteiger charge is -2.26. The number of nitrogens with zero attached hydrogens (tertiary/aromatic N) is 3. The van der Waals surface area contributed by atoms with Crippen molar-refractivity contribution in [2.45, 2.75) is 25.4 Å². The molecule has 0 radical (unpaired) electrons. The van der Waals surface area contributed by atoms with Gasteiger partial charge in [-0.3, -0.25) is 9.36 Å². The Morgan fingerprint density at radius 1 is 1.33 bits per heavy atom. The van der Waals surface area contributed by atoms with E-state index in [1.165, 1.54) is 0 Å². The second-order valence-corrected chi connectivity index (χ2v) is 5.65. The van der Waals surface area contributed by atoms with Gasteiger partial charge in [0.2, 0.25) is 5.91 Å². The molecule has 1 aliphatic heterocycles. The number of nitrogens with two attached hydrogens (primary N) is 1. The van der Waals surface area contributed by atoms with Crippen LogP contribution in [0.3, 0.4) is 0 Å². The quantitative estimate of drug-likeness (QED) is 0.839. The molecule has 130 valence electrons. The van der Waals surface area contributed by atoms with E-state index in [1.54, 1.807) is 6.33 Å². The van der Waals surface area contributed by atoms with Crippen LogP contribution < -0.4 is 11.1 Å². The zero-order chi connectivity index (χ0) is 16.1. The first-order valence-corrected chi connectivity index (χ1v) is 7.81. The molecule has 1 fully saturated rings. The van der Waals surface area contributed by atoms with Gasteiger partial charge in [-0.15, -0.1) is 22.6 Å². The summed E-state index contributed by atoms with van der Waals surface area (Å²) >= 11 is 0. The van der Waals surface area contributed by atoms with E-state index in [0.717, 1.165) is 18.5 Å². The number of rotatable bonds is 5. The molecule has 1 unspecified atom stereocenters. The first kappa shape index (κ1) is 18.4. The summed E-state index contributed by atoms with van der Waals surface area (Å²) in [7, 11) is 0. The Kier molecular flexibility index (Phi) is 6.72. The number of ether oxygens (including phenoxy) is 1. The molecule has 3 rings (SSSR count). The highest BCUT2D eigenvalue weighted by Gasteiger charge is 2.26. The number of aromatic nitrogens is 3. The molecule has 3 N–H and O–H groups in total. The molecule has 7 nitrogen and oxygen atoms in total. The Bertz CT molecular complexity index is 643. The van der Waals surface area contributed by atoms with Gasteiger partial charge in [0.05, 0.1) is 12.6 Å². The van der Waals surface area contributed by atoms with E-state index in [0.29, 0.717) is 25.6 Å². The number of carbonyl (C=O) groups is 1. The number of amides is 1. The first-order valence-electron chi connectivity index (χ1n) is 7.81. The fourth-order valence-corrected chi connectivity index (χ4v) is 2.76. The number of para-hydroxylation sites is 1. The van der Waals surface area contributed by atoms with Gasteiger partial charge in [-0.2, -0.15) is 0 Å². The average Bonchev–Trinajstić information content (AvgIpc) is 3.09. The fraction of sp³-hybridized carbons (Fsp3) is 0.438. The van der Waals surface area contributed by atoms with Crippen molar-refractivity contribution in [3.63, 3.8) is 0 Å². The van der Waals surface area contributed by atoms with E-state index in [-0.39, 0.29) is 24.2 Å². The standard InChI is InChI=1S/C16H21N5O2.ClH/c17-15(12-6-8-23-9-7-12)16(22)18-10-14-20-19-11-21(14)13-4-2-1-3-5-13;/h1-5,11-12,15H,6-10,17H2,(H,18,22);1H. The highest BCUT2D eigenvalue weighted by Crippen LogP contribution is 2.17. The third-order valence-corrected chi connectivity index (χ3v) is 4.15. The Balaban J connectivity index is 0.00000208. The van der Waals surface area contributed by atoms with Crippen molar-refractivity contribution in [2.24, 2.45) is 11.7 Å². The SMILES string of the molecule is Cl.NC(C(=O)NCc1nncn1-c1ccccc1)C1CCOCC1. The molecule has 1 saturated heterocycles. The minimum atomic E-state index is -0.507. The van der Waals surface area contributed by atoms with Gasteiger partial charge in [0.25, 0.3) is 0 Å². The summed E-state index contributed by atoms with van der Waals surface area (Å²) in [5.41, 5.74) is 7.02. The molecule has 1 aromatic carbocycles. The lowest BCUT2D eigenvalue weighted by Crippen LogP contribution is -2.47. The van der Waals surface area contributed by atoms with Gasteiger partial charge in [0, 0.05) is 18.9 Å². The van der Waals surface area contributed by atoms with Gasteiger partial charge in [0.15, 0.2) is 5.82 Å². The number of hydrogen-bond acceptors (Lipinski definition) is 5. The minimum absolute atomic E-state index is 0. The Morgan fingerprint density at radius 2 is 2.04 bits per heavy atom. The predicted molar refractivity (Wildman–Crippen MR) is 92.0 cm³/mol. The lowest BCUT2D eigenvalue weighted by atomic mass is 9.92. The van der Waals surface area contributed by atoms with E-state index in [2.05, 4.69) is 15.5 Å². The van der Waals surface area contributed by atoms with Crippen molar-refractivity contribution in [2.75, 3.05) is 13.2 Å². The zero-order valence-electron chi connectivity index (χ0n) is 13.3. The van der Waals surface area contributed by atoms with Gasteiger partial charge < -0.3 is 15.8 Å². The monoisotopic (exact) mass is 351 g/mol. The van der Waals surface area contributed by atoms with Crippen LogP contribution >= 0.6 is 12.4 Å². The summed E-state index contributed by atoms with van der Waals surface area (Å²) in [5, 5.41) is 10.9. The topological polar surface area (TPSA) is 95.1 Å². The van der Waals surface area contributed by atoms with E-state index in [1.807, 2.05) is 34.9 Å². The maximum absolute atomic E-state index is 12.3. The summed E-state index contributed by atoms with van der Waals surface area (Å²) in [6, 6.07) is 9.25. The van der Waals surface area contributed by atoms with Gasteiger partial charge in [-0.05, 0) is 30.9 Å². The maximum atomic E-state index is 12.3. The molecule has 1 aromatic heterocycles. The molecule has 0 saturated carbocycles. The Hall–Kier alpha value is -1.96. The van der Waals surface area contributed by atoms with E-state index in [9.17, 15) is 4.79 Å². The summed E-state index contributed by atoms with van der Waals surface area (Å²) in [5.74, 6) is 0.694. The van der Waals surface area contributed by atoms with Crippen LogP contribution in [0.5, 0.6) is 0 Å². The average molecular weight is 352 g/mol. The van der Waals surface area contributed by atoms with Crippen molar-refractivity contribution in [1.29, 1.82) is 0 Å². The van der Waals surface area contributed by atoms with Crippen molar-refractivity contribution in [3.05, 3.63) is 42.5 Å². The van der Waals surface area contributed by atoms with Crippen LogP contribution in [0.2, 0.25) is 0 Å². The Morgan fingerprint density at radius 3 is 2.75 bits per heavy atom. The Labute approximate surface area is 147 Å². The zero-order valence-corrected chi connectivity index (χ0v) is 14.1. The number of nitrogens with one attached hydrogen (secondary N) is 1. The van der Waals surface area contributed by atoms with Gasteiger partial charge in [-0.25, -0.2) is 0 Å². The van der Waals surface area contributed by atoms with Crippen LogP contribution in [0.4, 0.5) is 0 Å². The van der Waals surface area contributed by atoms with Crippen molar-refractivity contribution >= 4 is 18.3 Å². The number of carbonyl (C=O) groups excluding carboxylic acids is 1. The number of hydrogen-bond donors (Lipinski definition) is 2. The molecule has 0 bridgehead atoms.